The molecule has 1 rings (SSSR count). The highest BCUT2D eigenvalue weighted by molar-refractivity contribution is 5.74. The minimum atomic E-state index is -0.208. The third kappa shape index (κ3) is 4.25. The van der Waals surface area contributed by atoms with Crippen molar-refractivity contribution in [2.24, 2.45) is 0 Å². The van der Waals surface area contributed by atoms with Crippen molar-refractivity contribution in [1.82, 2.24) is 15.1 Å². The van der Waals surface area contributed by atoms with Gasteiger partial charge in [0.1, 0.15) is 5.76 Å². The minimum absolute atomic E-state index is 0.0169. The van der Waals surface area contributed by atoms with E-state index in [0.717, 1.165) is 5.76 Å². The molecule has 0 saturated heterocycles. The Bertz CT molecular complexity index is 378. The van der Waals surface area contributed by atoms with Crippen molar-refractivity contribution in [3.8, 4) is 0 Å². The zero-order chi connectivity index (χ0) is 14.4. The Balaban J connectivity index is 2.56. The first-order valence-corrected chi connectivity index (χ1v) is 6.28. The van der Waals surface area contributed by atoms with Gasteiger partial charge in [-0.3, -0.25) is 4.90 Å². The molecule has 0 fully saturated rings. The van der Waals surface area contributed by atoms with E-state index in [4.69, 9.17) is 9.52 Å². The second kappa shape index (κ2) is 7.16. The van der Waals surface area contributed by atoms with Gasteiger partial charge in [0.05, 0.1) is 25.0 Å². The maximum atomic E-state index is 11.9. The molecule has 2 unspecified atom stereocenters. The summed E-state index contributed by atoms with van der Waals surface area (Å²) in [6.45, 7) is 2.18. The lowest BCUT2D eigenvalue weighted by atomic mass is 10.2. The van der Waals surface area contributed by atoms with E-state index >= 15 is 0 Å². The summed E-state index contributed by atoms with van der Waals surface area (Å²) in [6.07, 6.45) is 1.62. The smallest absolute Gasteiger partial charge is 0.317 e. The lowest BCUT2D eigenvalue weighted by Crippen LogP contribution is -2.46. The number of likely N-dealkylation sites (N-methyl/N-ethyl adjacent to an activating group) is 2. The monoisotopic (exact) mass is 269 g/mol. The van der Waals surface area contributed by atoms with E-state index < -0.39 is 0 Å². The summed E-state index contributed by atoms with van der Waals surface area (Å²) in [5.41, 5.74) is 0. The van der Waals surface area contributed by atoms with Crippen molar-refractivity contribution in [2.45, 2.75) is 19.0 Å². The van der Waals surface area contributed by atoms with E-state index in [2.05, 4.69) is 5.32 Å². The van der Waals surface area contributed by atoms with Gasteiger partial charge in [0.15, 0.2) is 0 Å². The van der Waals surface area contributed by atoms with Crippen LogP contribution >= 0.6 is 0 Å². The molecule has 1 heterocycles. The Hall–Kier alpha value is -1.53. The van der Waals surface area contributed by atoms with Crippen LogP contribution in [0.3, 0.4) is 0 Å². The van der Waals surface area contributed by atoms with Gasteiger partial charge in [0.25, 0.3) is 0 Å². The quantitative estimate of drug-likeness (QED) is 0.805. The third-order valence-electron chi connectivity index (χ3n) is 3.19. The van der Waals surface area contributed by atoms with Gasteiger partial charge in [0, 0.05) is 13.6 Å². The van der Waals surface area contributed by atoms with Crippen LogP contribution in [-0.2, 0) is 0 Å². The van der Waals surface area contributed by atoms with Crippen LogP contribution in [0.15, 0.2) is 22.8 Å². The first-order chi connectivity index (χ1) is 8.97. The standard InChI is InChI=1S/C13H23N3O3/c1-10(9-17)16(4)13(18)14-8-11(15(2)3)12-6-5-7-19-12/h5-7,10-11,17H,8-9H2,1-4H3,(H,14,18). The Morgan fingerprint density at radius 3 is 2.63 bits per heavy atom. The van der Waals surface area contributed by atoms with Crippen LogP contribution in [0.1, 0.15) is 18.7 Å². The van der Waals surface area contributed by atoms with Crippen molar-refractivity contribution in [3.05, 3.63) is 24.2 Å². The topological polar surface area (TPSA) is 69.0 Å². The van der Waals surface area contributed by atoms with Gasteiger partial charge in [-0.15, -0.1) is 0 Å². The van der Waals surface area contributed by atoms with E-state index in [0.29, 0.717) is 6.54 Å². The third-order valence-corrected chi connectivity index (χ3v) is 3.19. The van der Waals surface area contributed by atoms with Crippen molar-refractivity contribution >= 4 is 6.03 Å². The molecule has 2 amide bonds. The second-order valence-electron chi connectivity index (χ2n) is 4.82. The number of hydrogen-bond acceptors (Lipinski definition) is 4. The highest BCUT2D eigenvalue weighted by Gasteiger charge is 2.20. The van der Waals surface area contributed by atoms with Crippen LogP contribution in [0.25, 0.3) is 0 Å². The lowest BCUT2D eigenvalue weighted by Gasteiger charge is -2.27. The fraction of sp³-hybridized carbons (Fsp3) is 0.615. The minimum Gasteiger partial charge on any atom is -0.468 e. The highest BCUT2D eigenvalue weighted by Crippen LogP contribution is 2.17. The maximum absolute atomic E-state index is 11.9. The number of nitrogens with one attached hydrogen (secondary N) is 1. The summed E-state index contributed by atoms with van der Waals surface area (Å²) < 4.78 is 5.37. The molecular weight excluding hydrogens is 246 g/mol. The largest absolute Gasteiger partial charge is 0.468 e. The van der Waals surface area contributed by atoms with E-state index in [9.17, 15) is 4.79 Å². The van der Waals surface area contributed by atoms with Crippen molar-refractivity contribution < 1.29 is 14.3 Å². The highest BCUT2D eigenvalue weighted by atomic mass is 16.3. The summed E-state index contributed by atoms with van der Waals surface area (Å²) in [5, 5.41) is 11.9. The van der Waals surface area contributed by atoms with Gasteiger partial charge in [0.2, 0.25) is 0 Å². The van der Waals surface area contributed by atoms with E-state index in [1.165, 1.54) is 4.90 Å². The Morgan fingerprint density at radius 2 is 2.16 bits per heavy atom. The maximum Gasteiger partial charge on any atom is 0.317 e. The van der Waals surface area contributed by atoms with Crippen LogP contribution in [0, 0.1) is 0 Å². The number of furan rings is 1. The molecule has 6 nitrogen and oxygen atoms in total. The fourth-order valence-electron chi connectivity index (χ4n) is 1.65. The molecule has 19 heavy (non-hydrogen) atoms. The first-order valence-electron chi connectivity index (χ1n) is 6.28. The molecule has 2 N–H and O–H groups in total. The fourth-order valence-corrected chi connectivity index (χ4v) is 1.65. The molecule has 6 heteroatoms. The molecule has 0 aliphatic carbocycles. The van der Waals surface area contributed by atoms with E-state index in [1.807, 2.05) is 31.1 Å². The lowest BCUT2D eigenvalue weighted by molar-refractivity contribution is 0.154. The molecule has 0 saturated carbocycles. The van der Waals surface area contributed by atoms with Crippen LogP contribution in [0.2, 0.25) is 0 Å². The predicted octanol–water partition coefficient (Wildman–Crippen LogP) is 0.904. The summed E-state index contributed by atoms with van der Waals surface area (Å²) in [7, 11) is 5.52. The normalized spacial score (nSPS) is 14.2. The molecule has 0 aliphatic rings. The number of aliphatic hydroxyl groups is 1. The van der Waals surface area contributed by atoms with Crippen LogP contribution in [-0.4, -0.2) is 61.3 Å². The van der Waals surface area contributed by atoms with Gasteiger partial charge >= 0.3 is 6.03 Å². The van der Waals surface area contributed by atoms with Gasteiger partial charge in [-0.2, -0.15) is 0 Å². The van der Waals surface area contributed by atoms with Gasteiger partial charge in [-0.25, -0.2) is 4.79 Å². The molecule has 0 aliphatic heterocycles. The first kappa shape index (κ1) is 15.5. The summed E-state index contributed by atoms with van der Waals surface area (Å²) in [6, 6.07) is 3.28. The number of hydrogen-bond donors (Lipinski definition) is 2. The Morgan fingerprint density at radius 1 is 1.47 bits per heavy atom. The average molecular weight is 269 g/mol. The molecule has 1 aromatic heterocycles. The molecule has 2 atom stereocenters. The number of rotatable bonds is 6. The number of carbonyl (C=O) groups is 1. The molecule has 0 aromatic carbocycles. The van der Waals surface area contributed by atoms with Crippen LogP contribution in [0.5, 0.6) is 0 Å². The Labute approximate surface area is 114 Å². The van der Waals surface area contributed by atoms with E-state index in [1.54, 1.807) is 20.2 Å². The number of nitrogens with zero attached hydrogens (tertiary/aromatic N) is 2. The zero-order valence-corrected chi connectivity index (χ0v) is 12.0. The number of amides is 2. The van der Waals surface area contributed by atoms with Gasteiger partial charge < -0.3 is 19.7 Å². The second-order valence-corrected chi connectivity index (χ2v) is 4.82. The molecule has 1 aromatic rings. The molecule has 0 radical (unpaired) electrons. The summed E-state index contributed by atoms with van der Waals surface area (Å²) in [5.74, 6) is 0.808. The molecule has 0 spiro atoms. The van der Waals surface area contributed by atoms with Crippen molar-refractivity contribution in [3.63, 3.8) is 0 Å². The van der Waals surface area contributed by atoms with Crippen LogP contribution in [0.4, 0.5) is 4.79 Å². The average Bonchev–Trinajstić information content (AvgIpc) is 2.90. The SMILES string of the molecule is CC(CO)N(C)C(=O)NCC(c1ccco1)N(C)C. The van der Waals surface area contributed by atoms with E-state index in [-0.39, 0.29) is 24.7 Å². The molecule has 108 valence electrons. The molecule has 0 bridgehead atoms. The number of aliphatic hydroxyl groups excluding tert-OH is 1. The number of carbonyl (C=O) groups excluding carboxylic acids is 1. The predicted molar refractivity (Wildman–Crippen MR) is 72.8 cm³/mol. The van der Waals surface area contributed by atoms with Gasteiger partial charge in [-0.05, 0) is 33.2 Å². The molecular formula is C13H23N3O3. The number of urea groups is 1. The van der Waals surface area contributed by atoms with Gasteiger partial charge in [-0.1, -0.05) is 0 Å². The van der Waals surface area contributed by atoms with Crippen molar-refractivity contribution in [1.29, 1.82) is 0 Å². The Kier molecular flexibility index (Phi) is 5.85. The summed E-state index contributed by atoms with van der Waals surface area (Å²) >= 11 is 0. The zero-order valence-electron chi connectivity index (χ0n) is 12.0. The summed E-state index contributed by atoms with van der Waals surface area (Å²) in [4.78, 5) is 15.4. The van der Waals surface area contributed by atoms with Crippen LogP contribution < -0.4 is 5.32 Å². The van der Waals surface area contributed by atoms with Crippen molar-refractivity contribution in [2.75, 3.05) is 34.3 Å².